The third kappa shape index (κ3) is 0.546. The second kappa shape index (κ2) is 1.87. The third-order valence-electron chi connectivity index (χ3n) is 4.55. The number of rotatable bonds is 1. The molecule has 0 aromatic heterocycles. The van der Waals surface area contributed by atoms with Crippen LogP contribution < -0.4 is 0 Å². The topological polar surface area (TPSA) is 0 Å². The molecule has 0 aromatic rings. The van der Waals surface area contributed by atoms with E-state index in [1.165, 1.54) is 24.8 Å². The van der Waals surface area contributed by atoms with Crippen molar-refractivity contribution < 1.29 is 0 Å². The molecule has 3 rings (SSSR count). The minimum Gasteiger partial charge on any atom is -0.119 e. The van der Waals surface area contributed by atoms with E-state index in [0.717, 1.165) is 11.8 Å². The number of allylic oxidation sites excluding steroid dienone is 2. The van der Waals surface area contributed by atoms with Crippen molar-refractivity contribution in [2.45, 2.75) is 33.1 Å². The quantitative estimate of drug-likeness (QED) is 0.421. The van der Waals surface area contributed by atoms with Gasteiger partial charge in [-0.3, -0.25) is 0 Å². The molecule has 68 valence electrons. The fourth-order valence-electron chi connectivity index (χ4n) is 4.23. The van der Waals surface area contributed by atoms with Gasteiger partial charge in [0, 0.05) is 10.8 Å². The lowest BCUT2D eigenvalue weighted by Crippen LogP contribution is -2.18. The molecule has 0 amide bonds. The molecule has 3 fully saturated rings. The van der Waals surface area contributed by atoms with Crippen molar-refractivity contribution in [1.82, 2.24) is 0 Å². The van der Waals surface area contributed by atoms with Crippen molar-refractivity contribution in [1.29, 1.82) is 0 Å². The van der Waals surface area contributed by atoms with Crippen molar-refractivity contribution in [2.24, 2.45) is 22.7 Å². The summed E-state index contributed by atoms with van der Waals surface area (Å²) in [7, 11) is 0. The van der Waals surface area contributed by atoms with Gasteiger partial charge in [0.05, 0.1) is 0 Å². The van der Waals surface area contributed by atoms with Gasteiger partial charge in [0.15, 0.2) is 0 Å². The van der Waals surface area contributed by atoms with Crippen molar-refractivity contribution in [3.05, 3.63) is 11.6 Å². The summed E-state index contributed by atoms with van der Waals surface area (Å²) in [6.07, 6.45) is 12.3. The first-order valence-corrected chi connectivity index (χ1v) is 5.34. The summed E-state index contributed by atoms with van der Waals surface area (Å²) in [6, 6.07) is 0. The summed E-state index contributed by atoms with van der Waals surface area (Å²) < 4.78 is 0. The van der Waals surface area contributed by atoms with Gasteiger partial charge in [-0.1, -0.05) is 24.0 Å². The molecule has 0 spiro atoms. The van der Waals surface area contributed by atoms with Crippen LogP contribution in [0.15, 0.2) is 11.6 Å². The number of hydrogen-bond donors (Lipinski definition) is 0. The zero-order valence-corrected chi connectivity index (χ0v) is 8.43. The van der Waals surface area contributed by atoms with E-state index < -0.39 is 0 Å². The lowest BCUT2D eigenvalue weighted by atomic mass is 9.79. The van der Waals surface area contributed by atoms with Gasteiger partial charge in [0.1, 0.15) is 0 Å². The second-order valence-corrected chi connectivity index (χ2v) is 5.20. The average molecular weight is 172 g/mol. The molecule has 3 aliphatic rings. The van der Waals surface area contributed by atoms with Gasteiger partial charge in [-0.2, -0.15) is 0 Å². The van der Waals surface area contributed by atoms with E-state index in [4.69, 9.17) is 6.42 Å². The van der Waals surface area contributed by atoms with Crippen LogP contribution in [0.2, 0.25) is 0 Å². The van der Waals surface area contributed by atoms with Crippen molar-refractivity contribution in [3.63, 3.8) is 0 Å². The molecular formula is C13H16. The Morgan fingerprint density at radius 1 is 1.38 bits per heavy atom. The van der Waals surface area contributed by atoms with Crippen LogP contribution in [0, 0.1) is 35.0 Å². The molecule has 0 aromatic carbocycles. The Morgan fingerprint density at radius 2 is 2.00 bits per heavy atom. The Balaban J connectivity index is 1.99. The first-order valence-electron chi connectivity index (χ1n) is 5.34. The molecule has 0 saturated heterocycles. The molecule has 0 nitrogen and oxygen atoms in total. The monoisotopic (exact) mass is 172 g/mol. The molecule has 0 heterocycles. The lowest BCUT2D eigenvalue weighted by Gasteiger charge is -2.25. The van der Waals surface area contributed by atoms with Crippen molar-refractivity contribution in [3.8, 4) is 12.3 Å². The van der Waals surface area contributed by atoms with Crippen LogP contribution in [0.25, 0.3) is 0 Å². The van der Waals surface area contributed by atoms with Crippen LogP contribution in [0.4, 0.5) is 0 Å². The molecular weight excluding hydrogens is 156 g/mol. The Kier molecular flexibility index (Phi) is 1.11. The predicted molar refractivity (Wildman–Crippen MR) is 54.0 cm³/mol. The van der Waals surface area contributed by atoms with Crippen LogP contribution in [-0.2, 0) is 0 Å². The van der Waals surface area contributed by atoms with Gasteiger partial charge < -0.3 is 0 Å². The summed E-state index contributed by atoms with van der Waals surface area (Å²) in [5.74, 6) is 4.81. The van der Waals surface area contributed by atoms with E-state index in [9.17, 15) is 0 Å². The standard InChI is InChI=1S/C13H16/c1-4-12-10-6-5-7-11(12)13(10,12)8-9(2)3/h1,8,10-11H,5-7H2,2-3H3. The average Bonchev–Trinajstić information content (AvgIpc) is 2.90. The molecule has 0 N–H and O–H groups in total. The summed E-state index contributed by atoms with van der Waals surface area (Å²) in [6.45, 7) is 4.39. The third-order valence-corrected chi connectivity index (χ3v) is 4.55. The van der Waals surface area contributed by atoms with E-state index in [1.54, 1.807) is 0 Å². The molecule has 3 saturated carbocycles. The highest BCUT2D eigenvalue weighted by Gasteiger charge is 2.96. The fraction of sp³-hybridized carbons (Fsp3) is 0.692. The van der Waals surface area contributed by atoms with E-state index >= 15 is 0 Å². The van der Waals surface area contributed by atoms with Crippen LogP contribution in [0.1, 0.15) is 33.1 Å². The van der Waals surface area contributed by atoms with Crippen molar-refractivity contribution in [2.75, 3.05) is 0 Å². The number of hydrogen-bond acceptors (Lipinski definition) is 0. The van der Waals surface area contributed by atoms with E-state index in [2.05, 4.69) is 25.8 Å². The highest BCUT2D eigenvalue weighted by Crippen LogP contribution is 2.97. The maximum Gasteiger partial charge on any atom is 0.0483 e. The summed E-state index contributed by atoms with van der Waals surface area (Å²) in [4.78, 5) is 0. The maximum absolute atomic E-state index is 5.68. The zero-order chi connectivity index (χ0) is 9.27. The van der Waals surface area contributed by atoms with Gasteiger partial charge in [-0.15, -0.1) is 6.42 Å². The summed E-state index contributed by atoms with van der Waals surface area (Å²) in [5, 5.41) is 0. The van der Waals surface area contributed by atoms with Gasteiger partial charge in [-0.05, 0) is 38.5 Å². The van der Waals surface area contributed by atoms with Crippen LogP contribution in [0.5, 0.6) is 0 Å². The normalized spacial score (nSPS) is 54.5. The number of terminal acetylenes is 1. The first-order chi connectivity index (χ1) is 6.20. The molecule has 0 radical (unpaired) electrons. The lowest BCUT2D eigenvalue weighted by molar-refractivity contribution is 0.277. The van der Waals surface area contributed by atoms with E-state index in [0.29, 0.717) is 10.8 Å². The van der Waals surface area contributed by atoms with Crippen LogP contribution in [0.3, 0.4) is 0 Å². The largest absolute Gasteiger partial charge is 0.119 e. The maximum atomic E-state index is 5.68. The Morgan fingerprint density at radius 3 is 2.38 bits per heavy atom. The smallest absolute Gasteiger partial charge is 0.0483 e. The first kappa shape index (κ1) is 7.68. The van der Waals surface area contributed by atoms with Gasteiger partial charge in [-0.25, -0.2) is 0 Å². The molecule has 2 unspecified atom stereocenters. The Bertz CT molecular complexity index is 324. The molecule has 0 heteroatoms. The molecule has 3 aliphatic carbocycles. The minimum absolute atomic E-state index is 0.350. The Labute approximate surface area is 80.4 Å². The Hall–Kier alpha value is -0.700. The van der Waals surface area contributed by atoms with E-state index in [-0.39, 0.29) is 0 Å². The van der Waals surface area contributed by atoms with Crippen molar-refractivity contribution >= 4 is 0 Å². The second-order valence-electron chi connectivity index (χ2n) is 5.20. The fourth-order valence-corrected chi connectivity index (χ4v) is 4.23. The van der Waals surface area contributed by atoms with Crippen LogP contribution in [-0.4, -0.2) is 0 Å². The predicted octanol–water partition coefficient (Wildman–Crippen LogP) is 3.00. The van der Waals surface area contributed by atoms with Gasteiger partial charge in [0.2, 0.25) is 0 Å². The highest BCUT2D eigenvalue weighted by molar-refractivity contribution is 5.56. The minimum atomic E-state index is 0.350. The molecule has 0 aliphatic heterocycles. The molecule has 0 bridgehead atoms. The van der Waals surface area contributed by atoms with Gasteiger partial charge in [0.25, 0.3) is 0 Å². The van der Waals surface area contributed by atoms with E-state index in [1.807, 2.05) is 0 Å². The summed E-state index contributed by atoms with van der Waals surface area (Å²) >= 11 is 0. The van der Waals surface area contributed by atoms with Crippen LogP contribution >= 0.6 is 0 Å². The summed E-state index contributed by atoms with van der Waals surface area (Å²) in [5.41, 5.74) is 2.30. The van der Waals surface area contributed by atoms with Gasteiger partial charge >= 0.3 is 0 Å². The number of fused-ring (bicyclic) bond motifs is 2. The zero-order valence-electron chi connectivity index (χ0n) is 8.43. The SMILES string of the molecule is C#CC12C3CCCC1C32C=C(C)C. The molecule has 2 atom stereocenters. The molecule has 13 heavy (non-hydrogen) atoms. The highest BCUT2D eigenvalue weighted by atomic mass is 15.0.